The Labute approximate surface area is 151 Å². The van der Waals surface area contributed by atoms with E-state index in [9.17, 15) is 4.79 Å². The number of aromatic nitrogens is 2. The Balaban J connectivity index is 1.96. The second-order valence-corrected chi connectivity index (χ2v) is 6.07. The minimum Gasteiger partial charge on any atom is -0.467 e. The predicted octanol–water partition coefficient (Wildman–Crippen LogP) is 4.17. The smallest absolute Gasteiger partial charge is 0.255 e. The molecule has 0 aliphatic heterocycles. The zero-order valence-corrected chi connectivity index (χ0v) is 15.0. The molecule has 0 saturated carbocycles. The van der Waals surface area contributed by atoms with Crippen molar-refractivity contribution in [3.8, 4) is 5.69 Å². The lowest BCUT2D eigenvalue weighted by atomic mass is 10.1. The van der Waals surface area contributed by atoms with Gasteiger partial charge in [-0.2, -0.15) is 5.10 Å². The first-order valence-electron chi connectivity index (χ1n) is 8.31. The second kappa shape index (κ2) is 7.57. The van der Waals surface area contributed by atoms with Gasteiger partial charge in [0.15, 0.2) is 0 Å². The third-order valence-corrected chi connectivity index (χ3v) is 4.24. The fourth-order valence-corrected chi connectivity index (χ4v) is 3.01. The molecule has 1 aromatic carbocycles. The molecular weight excluding hydrogens is 338 g/mol. The lowest BCUT2D eigenvalue weighted by Crippen LogP contribution is -2.24. The highest BCUT2D eigenvalue weighted by Crippen LogP contribution is 2.22. The van der Waals surface area contributed by atoms with Crippen molar-refractivity contribution in [2.75, 3.05) is 0 Å². The number of carbonyl (C=O) groups is 1. The number of furan rings is 1. The van der Waals surface area contributed by atoms with E-state index in [-0.39, 0.29) is 5.91 Å². The monoisotopic (exact) mass is 357 g/mol. The molecule has 3 rings (SSSR count). The minimum atomic E-state index is -0.140. The summed E-state index contributed by atoms with van der Waals surface area (Å²) in [4.78, 5) is 12.8. The maximum Gasteiger partial charge on any atom is 0.255 e. The molecule has 0 bridgehead atoms. The van der Waals surface area contributed by atoms with Gasteiger partial charge in [-0.3, -0.25) is 4.79 Å². The van der Waals surface area contributed by atoms with Crippen LogP contribution in [0.4, 0.5) is 0 Å². The van der Waals surface area contributed by atoms with E-state index in [0.717, 1.165) is 17.1 Å². The maximum absolute atomic E-state index is 12.8. The molecule has 0 fully saturated rings. The SMILES string of the molecule is CCc1nn(-c2cccc(Cl)c2)c(CC)c1C(=O)NCc1ccco1. The van der Waals surface area contributed by atoms with Crippen molar-refractivity contribution in [1.82, 2.24) is 15.1 Å². The maximum atomic E-state index is 12.8. The number of rotatable bonds is 6. The topological polar surface area (TPSA) is 60.1 Å². The third-order valence-electron chi connectivity index (χ3n) is 4.01. The molecule has 1 N–H and O–H groups in total. The van der Waals surface area contributed by atoms with Crippen molar-refractivity contribution in [1.29, 1.82) is 0 Å². The summed E-state index contributed by atoms with van der Waals surface area (Å²) in [7, 11) is 0. The minimum absolute atomic E-state index is 0.140. The van der Waals surface area contributed by atoms with Crippen molar-refractivity contribution >= 4 is 17.5 Å². The van der Waals surface area contributed by atoms with E-state index >= 15 is 0 Å². The standard InChI is InChI=1S/C19H20ClN3O2/c1-3-16-18(19(24)21-12-15-9-6-10-25-15)17(4-2)23(22-16)14-8-5-7-13(20)11-14/h5-11H,3-4,12H2,1-2H3,(H,21,24). The van der Waals surface area contributed by atoms with Gasteiger partial charge >= 0.3 is 0 Å². The summed E-state index contributed by atoms with van der Waals surface area (Å²) >= 11 is 6.11. The first kappa shape index (κ1) is 17.3. The van der Waals surface area contributed by atoms with Crippen molar-refractivity contribution in [3.05, 3.63) is 70.4 Å². The largest absolute Gasteiger partial charge is 0.467 e. The number of aryl methyl sites for hydroxylation is 1. The Hall–Kier alpha value is -2.53. The van der Waals surface area contributed by atoms with Crippen molar-refractivity contribution in [2.24, 2.45) is 0 Å². The first-order valence-corrected chi connectivity index (χ1v) is 8.69. The summed E-state index contributed by atoms with van der Waals surface area (Å²) in [5.74, 6) is 0.574. The van der Waals surface area contributed by atoms with Gasteiger partial charge in [-0.15, -0.1) is 0 Å². The van der Waals surface area contributed by atoms with Crippen LogP contribution < -0.4 is 5.32 Å². The number of nitrogens with one attached hydrogen (secondary N) is 1. The van der Waals surface area contributed by atoms with Crippen LogP contribution in [-0.4, -0.2) is 15.7 Å². The van der Waals surface area contributed by atoms with E-state index in [1.165, 1.54) is 0 Å². The van der Waals surface area contributed by atoms with Crippen LogP contribution in [0.5, 0.6) is 0 Å². The molecule has 0 radical (unpaired) electrons. The van der Waals surface area contributed by atoms with Gasteiger partial charge in [-0.05, 0) is 43.2 Å². The summed E-state index contributed by atoms with van der Waals surface area (Å²) in [5.41, 5.74) is 3.13. The first-order chi connectivity index (χ1) is 12.1. The molecule has 0 saturated heterocycles. The molecule has 3 aromatic rings. The van der Waals surface area contributed by atoms with Crippen LogP contribution >= 0.6 is 11.6 Å². The van der Waals surface area contributed by atoms with Gasteiger partial charge in [-0.1, -0.05) is 31.5 Å². The molecule has 130 valence electrons. The number of carbonyl (C=O) groups excluding carboxylic acids is 1. The molecule has 2 heterocycles. The van der Waals surface area contributed by atoms with E-state index in [1.807, 2.05) is 48.9 Å². The second-order valence-electron chi connectivity index (χ2n) is 5.63. The van der Waals surface area contributed by atoms with Crippen LogP contribution in [0.15, 0.2) is 47.1 Å². The van der Waals surface area contributed by atoms with E-state index in [2.05, 4.69) is 10.4 Å². The molecule has 0 spiro atoms. The highest BCUT2D eigenvalue weighted by atomic mass is 35.5. The molecule has 0 unspecified atom stereocenters. The van der Waals surface area contributed by atoms with Crippen LogP contribution in [-0.2, 0) is 19.4 Å². The highest BCUT2D eigenvalue weighted by molar-refractivity contribution is 6.30. The van der Waals surface area contributed by atoms with Crippen LogP contribution in [0.25, 0.3) is 5.69 Å². The third kappa shape index (κ3) is 3.61. The Morgan fingerprint density at radius 3 is 2.72 bits per heavy atom. The van der Waals surface area contributed by atoms with E-state index in [1.54, 1.807) is 12.3 Å². The van der Waals surface area contributed by atoms with E-state index < -0.39 is 0 Å². The lowest BCUT2D eigenvalue weighted by molar-refractivity contribution is 0.0946. The summed E-state index contributed by atoms with van der Waals surface area (Å²) in [6, 6.07) is 11.1. The molecule has 5 nitrogen and oxygen atoms in total. The van der Waals surface area contributed by atoms with Gasteiger partial charge in [0.25, 0.3) is 5.91 Å². The normalized spacial score (nSPS) is 10.8. The number of hydrogen-bond acceptors (Lipinski definition) is 3. The molecule has 6 heteroatoms. The zero-order chi connectivity index (χ0) is 17.8. The number of halogens is 1. The van der Waals surface area contributed by atoms with Crippen LogP contribution in [0.3, 0.4) is 0 Å². The predicted molar refractivity (Wildman–Crippen MR) is 97.2 cm³/mol. The van der Waals surface area contributed by atoms with Gasteiger partial charge in [-0.25, -0.2) is 4.68 Å². The lowest BCUT2D eigenvalue weighted by Gasteiger charge is -2.08. The molecule has 2 aromatic heterocycles. The van der Waals surface area contributed by atoms with Crippen molar-refractivity contribution in [2.45, 2.75) is 33.2 Å². The molecule has 0 aliphatic rings. The van der Waals surface area contributed by atoms with Gasteiger partial charge in [0.2, 0.25) is 0 Å². The average molecular weight is 358 g/mol. The Bertz CT molecular complexity index is 869. The summed E-state index contributed by atoms with van der Waals surface area (Å²) < 4.78 is 7.08. The number of hydrogen-bond donors (Lipinski definition) is 1. The van der Waals surface area contributed by atoms with E-state index in [0.29, 0.717) is 35.7 Å². The summed E-state index contributed by atoms with van der Waals surface area (Å²) in [5, 5.41) is 8.20. The van der Waals surface area contributed by atoms with E-state index in [4.69, 9.17) is 16.0 Å². The van der Waals surface area contributed by atoms with Crippen molar-refractivity contribution in [3.63, 3.8) is 0 Å². The van der Waals surface area contributed by atoms with Crippen LogP contribution in [0.1, 0.15) is 41.4 Å². The highest BCUT2D eigenvalue weighted by Gasteiger charge is 2.22. The quantitative estimate of drug-likeness (QED) is 0.720. The fourth-order valence-electron chi connectivity index (χ4n) is 2.83. The number of amides is 1. The summed E-state index contributed by atoms with van der Waals surface area (Å²) in [6.07, 6.45) is 2.95. The number of nitrogens with zero attached hydrogens (tertiary/aromatic N) is 2. The Kier molecular flexibility index (Phi) is 5.24. The Morgan fingerprint density at radius 1 is 1.24 bits per heavy atom. The van der Waals surface area contributed by atoms with Gasteiger partial charge < -0.3 is 9.73 Å². The fraction of sp³-hybridized carbons (Fsp3) is 0.263. The van der Waals surface area contributed by atoms with Crippen LogP contribution in [0.2, 0.25) is 5.02 Å². The van der Waals surface area contributed by atoms with Gasteiger partial charge in [0.1, 0.15) is 5.76 Å². The number of benzene rings is 1. The van der Waals surface area contributed by atoms with Gasteiger partial charge in [0.05, 0.1) is 35.4 Å². The van der Waals surface area contributed by atoms with Gasteiger partial charge in [0, 0.05) is 5.02 Å². The summed E-state index contributed by atoms with van der Waals surface area (Å²) in [6.45, 7) is 4.36. The zero-order valence-electron chi connectivity index (χ0n) is 14.3. The van der Waals surface area contributed by atoms with Crippen molar-refractivity contribution < 1.29 is 9.21 Å². The molecule has 0 aliphatic carbocycles. The Morgan fingerprint density at radius 2 is 2.08 bits per heavy atom. The average Bonchev–Trinajstić information content (AvgIpc) is 3.26. The van der Waals surface area contributed by atoms with Crippen LogP contribution in [0, 0.1) is 0 Å². The molecule has 0 atom stereocenters. The molecular formula is C19H20ClN3O2. The molecule has 1 amide bonds. The molecule has 25 heavy (non-hydrogen) atoms.